The molecule has 2 N–H and O–H groups in total. The molecule has 2 saturated carbocycles. The number of nitrogens with one attached hydrogen (secondary N) is 2. The Morgan fingerprint density at radius 3 is 1.48 bits per heavy atom. The van der Waals surface area contributed by atoms with Crippen molar-refractivity contribution in [3.63, 3.8) is 0 Å². The highest BCUT2D eigenvalue weighted by Gasteiger charge is 2.44. The normalized spacial score (nSPS) is 17.5. The van der Waals surface area contributed by atoms with E-state index >= 15 is 0 Å². The van der Waals surface area contributed by atoms with Gasteiger partial charge < -0.3 is 10.6 Å². The maximum Gasteiger partial charge on any atom is 0.248 e. The first-order valence-electron chi connectivity index (χ1n) is 31.5. The van der Waals surface area contributed by atoms with Crippen LogP contribution in [0.25, 0.3) is 22.8 Å². The summed E-state index contributed by atoms with van der Waals surface area (Å²) in [6.45, 7) is 0. The lowest BCUT2D eigenvalue weighted by atomic mass is 9.79. The largest absolute Gasteiger partial charge is 0.351 e. The van der Waals surface area contributed by atoms with E-state index in [9.17, 15) is 22.8 Å². The average molecular weight is 1220 g/mol. The Morgan fingerprint density at radius 1 is 0.500 bits per heavy atom. The van der Waals surface area contributed by atoms with Crippen molar-refractivity contribution in [3.8, 4) is 22.8 Å². The number of hydrogen-bond acceptors (Lipinski definition) is 17. The number of rotatable bonds is 13. The number of ketones is 3. The van der Waals surface area contributed by atoms with Gasteiger partial charge in [-0.25, -0.2) is 38.3 Å². The molecular weight excluding hydrogens is 1150 g/mol. The van der Waals surface area contributed by atoms with Crippen molar-refractivity contribution in [3.05, 3.63) is 207 Å². The van der Waals surface area contributed by atoms with Crippen LogP contribution in [0.3, 0.4) is 0 Å². The van der Waals surface area contributed by atoms with E-state index in [1.54, 1.807) is 59.0 Å². The van der Waals surface area contributed by atoms with Gasteiger partial charge in [0.05, 0.1) is 40.3 Å². The first kappa shape index (κ1) is 59.5. The molecule has 2 fully saturated rings. The summed E-state index contributed by atoms with van der Waals surface area (Å²) in [7, 11) is 1.86. The molecule has 2 atom stereocenters. The van der Waals surface area contributed by atoms with Gasteiger partial charge >= 0.3 is 0 Å². The molecule has 0 saturated heterocycles. The molecule has 0 spiro atoms. The summed E-state index contributed by atoms with van der Waals surface area (Å²) < 4.78 is 29.4. The predicted molar refractivity (Wildman–Crippen MR) is 344 cm³/mol. The monoisotopic (exact) mass is 1220 g/mol. The summed E-state index contributed by atoms with van der Waals surface area (Å²) in [5.41, 5.74) is 13.2. The molecule has 9 aromatic rings. The zero-order valence-corrected chi connectivity index (χ0v) is 51.7. The van der Waals surface area contributed by atoms with E-state index in [0.717, 1.165) is 65.0 Å². The van der Waals surface area contributed by atoms with Crippen molar-refractivity contribution in [1.82, 2.24) is 54.5 Å². The van der Waals surface area contributed by atoms with Crippen LogP contribution in [0.1, 0.15) is 158 Å². The van der Waals surface area contributed by atoms with Crippen LogP contribution in [-0.4, -0.2) is 105 Å². The van der Waals surface area contributed by atoms with E-state index in [1.807, 2.05) is 116 Å². The predicted octanol–water partition coefficient (Wildman–Crippen LogP) is 11.1. The first-order chi connectivity index (χ1) is 43.8. The second kappa shape index (κ2) is 26.0. The van der Waals surface area contributed by atoms with Crippen LogP contribution < -0.4 is 10.6 Å². The Labute approximate surface area is 523 Å². The second-order valence-corrected chi connectivity index (χ2v) is 26.1. The van der Waals surface area contributed by atoms with Crippen LogP contribution in [0.15, 0.2) is 150 Å². The number of anilines is 2. The Morgan fingerprint density at radius 2 is 0.956 bits per heavy atom. The molecule has 19 nitrogen and oxygen atoms in total. The Bertz CT molecular complexity index is 4280. The summed E-state index contributed by atoms with van der Waals surface area (Å²) >= 11 is 0. The quantitative estimate of drug-likeness (QED) is 0.0806. The highest BCUT2D eigenvalue weighted by molar-refractivity contribution is 7.90. The van der Waals surface area contributed by atoms with Crippen LogP contribution in [0.5, 0.6) is 0 Å². The zero-order chi connectivity index (χ0) is 61.9. The number of nitrogens with zero attached hydrogens (tertiary/aromatic N) is 12. The van der Waals surface area contributed by atoms with E-state index in [0.29, 0.717) is 87.6 Å². The molecule has 1 aliphatic heterocycles. The molecule has 2 unspecified atom stereocenters. The van der Waals surface area contributed by atoms with Crippen molar-refractivity contribution < 1.29 is 22.8 Å². The number of carbonyl (C=O) groups is 3. The van der Waals surface area contributed by atoms with Crippen LogP contribution in [0.4, 0.5) is 11.9 Å². The summed E-state index contributed by atoms with van der Waals surface area (Å²) in [4.78, 5) is 66.7. The van der Waals surface area contributed by atoms with E-state index in [1.165, 1.54) is 69.8 Å². The minimum absolute atomic E-state index is 0.0105. The van der Waals surface area contributed by atoms with Gasteiger partial charge in [-0.15, -0.1) is 0 Å². The average Bonchev–Trinajstić information content (AvgIpc) is 1.59. The van der Waals surface area contributed by atoms with Crippen LogP contribution in [0.2, 0.25) is 0 Å². The lowest BCUT2D eigenvalue weighted by molar-refractivity contribution is 0.102. The number of carbonyl (C=O) groups excluding carboxylic acids is 3. The van der Waals surface area contributed by atoms with Gasteiger partial charge in [0.25, 0.3) is 0 Å². The standard InChI is InChI=1S/C24H20N4O3S.C23H27N5O.C23H25N5O/c1-28-22-19(21(27-28)23(29)17-10-6-3-7-11-17)13-12-18-14-25-24(26-20(18)22)32(30,31)15-16-8-4-2-5-9-16;2*1-28-21-18(20(27-28)22(29)15-8-4-2-5-9-15)13-12-16-14-24-23(26-19(16)21)25-17-10-6-3-7-11-17/h2-11,14H,12-13,15H2,1H3;2,4-5,8-9,14,17-18,21H,3,6-7,10-13H2,1H3,(H,24,25,26);2,4-5,8-9,14,17H,3,6-7,10-13H2,1H3,(H,24,25,26). The number of aryl methyl sites for hydroxylation is 5. The van der Waals surface area contributed by atoms with Crippen LogP contribution in [-0.2, 0) is 61.8 Å². The minimum atomic E-state index is -3.73. The smallest absolute Gasteiger partial charge is 0.248 e. The van der Waals surface area contributed by atoms with Crippen molar-refractivity contribution in [2.75, 3.05) is 17.7 Å². The fraction of sp³-hybridized carbons (Fsp3) is 0.343. The molecule has 0 radical (unpaired) electrons. The van der Waals surface area contributed by atoms with E-state index in [-0.39, 0.29) is 40.2 Å². The molecule has 4 aromatic carbocycles. The number of fused-ring (bicyclic) bond motifs is 9. The van der Waals surface area contributed by atoms with Crippen molar-refractivity contribution in [2.24, 2.45) is 25.1 Å². The summed E-state index contributed by atoms with van der Waals surface area (Å²) in [5, 5.41) is 22.5. The van der Waals surface area contributed by atoms with Gasteiger partial charge in [0.2, 0.25) is 44.2 Å². The number of hydrazone groups is 1. The molecule has 15 rings (SSSR count). The number of benzene rings is 4. The van der Waals surface area contributed by atoms with E-state index < -0.39 is 9.84 Å². The number of Topliss-reactive ketones (excluding diaryl/α,β-unsaturated/α-hetero) is 1. The summed E-state index contributed by atoms with van der Waals surface area (Å²) in [5.74, 6) is 1.15. The van der Waals surface area contributed by atoms with Gasteiger partial charge in [-0.05, 0) is 86.5 Å². The van der Waals surface area contributed by atoms with Gasteiger partial charge in [0.1, 0.15) is 17.1 Å². The van der Waals surface area contributed by atoms with Gasteiger partial charge in [0, 0.05) is 85.6 Å². The van der Waals surface area contributed by atoms with E-state index in [4.69, 9.17) is 9.97 Å². The second-order valence-electron chi connectivity index (χ2n) is 24.2. The third-order valence-corrected chi connectivity index (χ3v) is 19.6. The first-order valence-corrected chi connectivity index (χ1v) is 33.1. The molecule has 6 aliphatic rings. The van der Waals surface area contributed by atoms with E-state index in [2.05, 4.69) is 45.9 Å². The molecule has 6 heterocycles. The number of aromatic nitrogens is 10. The van der Waals surface area contributed by atoms with Gasteiger partial charge in [-0.2, -0.15) is 15.3 Å². The van der Waals surface area contributed by atoms with Crippen molar-refractivity contribution >= 4 is 44.8 Å². The molecule has 5 aliphatic carbocycles. The Kier molecular flexibility index (Phi) is 17.2. The van der Waals surface area contributed by atoms with Gasteiger partial charge in [0.15, 0.2) is 0 Å². The third kappa shape index (κ3) is 12.4. The lowest BCUT2D eigenvalue weighted by Crippen LogP contribution is -2.32. The van der Waals surface area contributed by atoms with Crippen molar-refractivity contribution in [1.29, 1.82) is 0 Å². The van der Waals surface area contributed by atoms with Crippen LogP contribution >= 0.6 is 0 Å². The SMILES string of the molecule is CN1N=C(C(=O)c2ccccc2)C2CCc3cnc(NC4CCCCC4)nc3C21.Cn1nc(C(=O)c2ccccc2)c2c1-c1nc(NC3CCCCC3)ncc1CC2.Cn1nc(C(=O)c2ccccc2)c2c1-c1nc(S(=O)(=O)Cc3ccccc3)ncc1CC2. The van der Waals surface area contributed by atoms with Crippen molar-refractivity contribution in [2.45, 2.75) is 132 Å². The molecule has 0 bridgehead atoms. The maximum atomic E-state index is 13.1. The minimum Gasteiger partial charge on any atom is -0.351 e. The molecule has 20 heteroatoms. The number of sulfone groups is 1. The molecule has 458 valence electrons. The zero-order valence-electron chi connectivity index (χ0n) is 50.9. The lowest BCUT2D eigenvalue weighted by Gasteiger charge is -2.31. The van der Waals surface area contributed by atoms with Gasteiger partial charge in [-0.1, -0.05) is 160 Å². The van der Waals surface area contributed by atoms with Crippen LogP contribution in [0, 0.1) is 5.92 Å². The Balaban J connectivity index is 0.000000124. The Hall–Kier alpha value is -9.43. The highest BCUT2D eigenvalue weighted by Crippen LogP contribution is 2.43. The molecular formula is C70H72N14O5S. The van der Waals surface area contributed by atoms with Gasteiger partial charge in [-0.3, -0.25) is 28.8 Å². The number of hydrogen-bond donors (Lipinski definition) is 2. The molecule has 5 aromatic heterocycles. The fourth-order valence-corrected chi connectivity index (χ4v) is 14.8. The fourth-order valence-electron chi connectivity index (χ4n) is 13.6. The molecule has 90 heavy (non-hydrogen) atoms. The maximum absolute atomic E-state index is 13.1. The highest BCUT2D eigenvalue weighted by atomic mass is 32.2. The topological polar surface area (TPSA) is 238 Å². The molecule has 0 amide bonds. The summed E-state index contributed by atoms with van der Waals surface area (Å²) in [6.07, 6.45) is 22.5. The summed E-state index contributed by atoms with van der Waals surface area (Å²) in [6, 6.07) is 37.7. The third-order valence-electron chi connectivity index (χ3n) is 18.2.